The maximum Gasteiger partial charge on any atom is 0.252 e. The number of anilines is 6. The molecule has 0 spiro atoms. The third-order valence-electron chi connectivity index (χ3n) is 29.0. The summed E-state index contributed by atoms with van der Waals surface area (Å²) < 4.78 is 2.52. The molecule has 0 amide bonds. The van der Waals surface area contributed by atoms with Crippen LogP contribution in [0.15, 0.2) is 261 Å². The molecular weight excluding hydrogens is 1640 g/mol. The summed E-state index contributed by atoms with van der Waals surface area (Å²) in [4.78, 5) is 5.55. The monoisotopic (exact) mass is 1780 g/mol. The van der Waals surface area contributed by atoms with Gasteiger partial charge in [-0.15, -0.1) is 0 Å². The number of nitriles is 2. The predicted molar refractivity (Wildman–Crippen MR) is 588 cm³/mol. The summed E-state index contributed by atoms with van der Waals surface area (Å²) in [6, 6.07) is 108. The Morgan fingerprint density at radius 1 is 0.213 bits per heavy atom. The molecule has 0 bridgehead atoms. The van der Waals surface area contributed by atoms with E-state index in [1.165, 1.54) is 88.5 Å². The molecule has 5 nitrogen and oxygen atoms in total. The second-order valence-electron chi connectivity index (χ2n) is 50.8. The third kappa shape index (κ3) is 17.7. The molecule has 0 N–H and O–H groups in total. The molecule has 14 aromatic carbocycles. The van der Waals surface area contributed by atoms with Crippen molar-refractivity contribution >= 4 is 79.0 Å². The fourth-order valence-electron chi connectivity index (χ4n) is 20.3. The van der Waals surface area contributed by atoms with Gasteiger partial charge in [0.05, 0.1) is 45.7 Å². The summed E-state index contributed by atoms with van der Waals surface area (Å²) in [7, 11) is 0. The summed E-state index contributed by atoms with van der Waals surface area (Å²) in [6.45, 7) is 77.7. The average Bonchev–Trinajstić information content (AvgIpc) is 0.709. The summed E-state index contributed by atoms with van der Waals surface area (Å²) in [5.74, 6) is 0. The molecule has 2 aliphatic rings. The molecule has 690 valence electrons. The summed E-state index contributed by atoms with van der Waals surface area (Å²) in [6.07, 6.45) is 0. The van der Waals surface area contributed by atoms with Crippen molar-refractivity contribution in [3.8, 4) is 95.7 Å². The summed E-state index contributed by atoms with van der Waals surface area (Å²) in [5, 5.41) is 25.6. The van der Waals surface area contributed by atoms with E-state index in [1.807, 2.05) is 24.3 Å². The molecule has 0 saturated carbocycles. The zero-order chi connectivity index (χ0) is 98.3. The first kappa shape index (κ1) is 95.3. The molecule has 3 heterocycles. The summed E-state index contributed by atoms with van der Waals surface area (Å²) in [5.41, 5.74) is 39.5. The lowest BCUT2D eigenvalue weighted by Crippen LogP contribution is -2.61. The first-order valence-electron chi connectivity index (χ1n) is 49.5. The number of hydrogen-bond donors (Lipinski definition) is 0. The molecule has 2 aliphatic heterocycles. The Bertz CT molecular complexity index is 7030. The van der Waals surface area contributed by atoms with Gasteiger partial charge < -0.3 is 14.4 Å². The Morgan fingerprint density at radius 3 is 0.794 bits per heavy atom. The largest absolute Gasteiger partial charge is 0.310 e. The van der Waals surface area contributed by atoms with Crippen molar-refractivity contribution in [2.24, 2.45) is 0 Å². The van der Waals surface area contributed by atoms with Crippen LogP contribution < -0.4 is 26.2 Å². The minimum absolute atomic E-state index is 0.180. The molecule has 1 aromatic heterocycles. The highest BCUT2D eigenvalue weighted by Crippen LogP contribution is 2.58. The molecule has 17 rings (SSSR count). The van der Waals surface area contributed by atoms with Crippen molar-refractivity contribution in [1.82, 2.24) is 4.57 Å². The van der Waals surface area contributed by atoms with Gasteiger partial charge in [-0.1, -0.05) is 410 Å². The van der Waals surface area contributed by atoms with Crippen LogP contribution in [0.3, 0.4) is 0 Å². The zero-order valence-corrected chi connectivity index (χ0v) is 87.6. The highest BCUT2D eigenvalue weighted by Gasteiger charge is 2.48. The van der Waals surface area contributed by atoms with Crippen LogP contribution in [0.25, 0.3) is 105 Å². The van der Waals surface area contributed by atoms with Crippen LogP contribution in [0, 0.1) is 22.7 Å². The van der Waals surface area contributed by atoms with Gasteiger partial charge in [-0.3, -0.25) is 0 Å². The molecular formula is C130H142BN5. The topological polar surface area (TPSA) is 59.0 Å². The van der Waals surface area contributed by atoms with Crippen molar-refractivity contribution in [2.75, 3.05) is 9.80 Å². The van der Waals surface area contributed by atoms with Crippen molar-refractivity contribution < 1.29 is 0 Å². The minimum atomic E-state index is -0.486. The molecule has 0 unspecified atom stereocenters. The normalized spacial score (nSPS) is 13.6. The van der Waals surface area contributed by atoms with Crippen LogP contribution >= 0.6 is 0 Å². The standard InChI is InChI=1S/C130H142BN5/c1-120(2,3)89-54-82(55-90(69-89)121(4,5)6)79-50-53-113-110(68-79)131-109-52-51-100(134-111-48-40-38-46-103(111)104-47-39-41-49-112(104)134)76-114(109)136(119-107(85-60-95(126(19,20)21)72-96(61-85)127(22,23)24)66-88(102-45-37-35-43-81(102)78-133)67-108(119)86-62-97(128(25,26)27)73-98(63-86)129(28,29)30)116-75-99(130(31,32)33)74-115(117(116)131)135(113)118-105(83-56-91(122(7,8)9)70-92(57-83)123(10,11)12)64-87(101-44-36-34-42-80(101)77-132)65-106(118)84-58-93(124(13,14)15)71-94(59-84)125(16,17)18/h34-76H,1-33H3. The predicted octanol–water partition coefficient (Wildman–Crippen LogP) is 34.6. The molecule has 15 aromatic rings. The first-order chi connectivity index (χ1) is 63.3. The Kier molecular flexibility index (Phi) is 23.2. The number of nitrogens with zero attached hydrogens (tertiary/aromatic N) is 5. The van der Waals surface area contributed by atoms with Gasteiger partial charge in [0, 0.05) is 61.5 Å². The van der Waals surface area contributed by atoms with Gasteiger partial charge in [0.1, 0.15) is 0 Å². The van der Waals surface area contributed by atoms with Crippen LogP contribution in [0.5, 0.6) is 0 Å². The number of hydrogen-bond acceptors (Lipinski definition) is 4. The smallest absolute Gasteiger partial charge is 0.252 e. The molecule has 0 aliphatic carbocycles. The number of para-hydroxylation sites is 2. The Labute approximate surface area is 815 Å². The molecule has 0 atom stereocenters. The lowest BCUT2D eigenvalue weighted by molar-refractivity contribution is 0.568. The van der Waals surface area contributed by atoms with Crippen molar-refractivity contribution in [2.45, 2.75) is 288 Å². The van der Waals surface area contributed by atoms with E-state index >= 15 is 0 Å². The van der Waals surface area contributed by atoms with Gasteiger partial charge >= 0.3 is 0 Å². The van der Waals surface area contributed by atoms with Gasteiger partial charge in [0.25, 0.3) is 6.71 Å². The maximum atomic E-state index is 11.6. The van der Waals surface area contributed by atoms with Crippen molar-refractivity contribution in [1.29, 1.82) is 10.5 Å². The number of fused-ring (bicyclic) bond motifs is 7. The molecule has 6 heteroatoms. The van der Waals surface area contributed by atoms with Gasteiger partial charge in [-0.2, -0.15) is 10.5 Å². The van der Waals surface area contributed by atoms with Crippen LogP contribution in [0.2, 0.25) is 0 Å². The van der Waals surface area contributed by atoms with Gasteiger partial charge in [-0.05, 0) is 272 Å². The number of benzene rings is 14. The van der Waals surface area contributed by atoms with Gasteiger partial charge in [-0.25, -0.2) is 0 Å². The van der Waals surface area contributed by atoms with Gasteiger partial charge in [0.2, 0.25) is 0 Å². The van der Waals surface area contributed by atoms with E-state index in [0.29, 0.717) is 11.1 Å². The van der Waals surface area contributed by atoms with Crippen molar-refractivity contribution in [3.05, 3.63) is 333 Å². The molecule has 136 heavy (non-hydrogen) atoms. The fraction of sp³-hybridized carbons (Fsp3) is 0.338. The molecule has 0 saturated heterocycles. The minimum Gasteiger partial charge on any atom is -0.310 e. The average molecular weight is 1790 g/mol. The number of aromatic nitrogens is 1. The van der Waals surface area contributed by atoms with E-state index < -0.39 is 12.1 Å². The first-order valence-corrected chi connectivity index (χ1v) is 49.5. The Balaban J connectivity index is 1.17. The third-order valence-corrected chi connectivity index (χ3v) is 29.0. The Morgan fingerprint density at radius 2 is 0.485 bits per heavy atom. The van der Waals surface area contributed by atoms with E-state index in [4.69, 9.17) is 0 Å². The highest BCUT2D eigenvalue weighted by atomic mass is 15.2. The second kappa shape index (κ2) is 33.2. The zero-order valence-electron chi connectivity index (χ0n) is 87.6. The highest BCUT2D eigenvalue weighted by molar-refractivity contribution is 7.00. The van der Waals surface area contributed by atoms with Gasteiger partial charge in [0.15, 0.2) is 0 Å². The lowest BCUT2D eigenvalue weighted by atomic mass is 9.33. The van der Waals surface area contributed by atoms with Crippen LogP contribution in [-0.2, 0) is 59.6 Å². The quantitative estimate of drug-likeness (QED) is 0.128. The molecule has 0 radical (unpaired) electrons. The van der Waals surface area contributed by atoms with Crippen molar-refractivity contribution in [3.63, 3.8) is 0 Å². The lowest BCUT2D eigenvalue weighted by Gasteiger charge is -2.47. The molecule has 0 fully saturated rings. The second-order valence-corrected chi connectivity index (χ2v) is 50.8. The van der Waals surface area contributed by atoms with Crippen LogP contribution in [-0.4, -0.2) is 11.3 Å². The van der Waals surface area contributed by atoms with Crippen LogP contribution in [0.4, 0.5) is 34.1 Å². The van der Waals surface area contributed by atoms with E-state index in [-0.39, 0.29) is 54.1 Å². The number of rotatable bonds is 10. The summed E-state index contributed by atoms with van der Waals surface area (Å²) >= 11 is 0. The van der Waals surface area contributed by atoms with Crippen LogP contribution in [0.1, 0.15) is 301 Å². The fourth-order valence-corrected chi connectivity index (χ4v) is 20.3. The van der Waals surface area contributed by atoms with E-state index in [1.54, 1.807) is 0 Å². The maximum absolute atomic E-state index is 11.6. The SMILES string of the molecule is CC(C)(C)c1cc(-c2ccc3c(c2)B2c4ccc(-n5c6ccccc6c6ccccc65)cc4N(c4c(-c5cc(C(C)(C)C)cc(C(C)(C)C)c5)cc(-c5ccccc5C#N)cc4-c4cc(C(C)(C)C)cc(C(C)(C)C)c4)c4cc(C(C)(C)C)cc(c42)N3c2c(-c3cc(C(C)(C)C)cc(C(C)(C)C)c3)cc(-c3ccccc3C#N)cc2-c2cc(C(C)(C)C)cc(C(C)(C)C)c2)cc(C(C)(C)C)c1. The van der Waals surface area contributed by atoms with E-state index in [9.17, 15) is 10.5 Å². The van der Waals surface area contributed by atoms with E-state index in [2.05, 4.69) is 492 Å². The Hall–Kier alpha value is -12.5. The van der Waals surface area contributed by atoms with E-state index in [0.717, 1.165) is 129 Å².